The van der Waals surface area contributed by atoms with Crippen LogP contribution in [0.2, 0.25) is 0 Å². The van der Waals surface area contributed by atoms with Gasteiger partial charge in [-0.1, -0.05) is 18.6 Å². The van der Waals surface area contributed by atoms with Crippen molar-refractivity contribution in [1.82, 2.24) is 9.62 Å². The van der Waals surface area contributed by atoms with Gasteiger partial charge in [-0.15, -0.1) is 0 Å². The van der Waals surface area contributed by atoms with Crippen LogP contribution >= 0.6 is 0 Å². The van der Waals surface area contributed by atoms with Crippen LogP contribution in [-0.2, 0) is 16.6 Å². The molecule has 2 aromatic rings. The van der Waals surface area contributed by atoms with Crippen molar-refractivity contribution in [1.29, 1.82) is 0 Å². The summed E-state index contributed by atoms with van der Waals surface area (Å²) in [5, 5.41) is 2.83. The van der Waals surface area contributed by atoms with Crippen LogP contribution in [0.15, 0.2) is 47.4 Å². The van der Waals surface area contributed by atoms with E-state index in [1.54, 1.807) is 0 Å². The molecule has 1 aliphatic heterocycles. The van der Waals surface area contributed by atoms with Crippen molar-refractivity contribution >= 4 is 15.9 Å². The van der Waals surface area contributed by atoms with Crippen LogP contribution < -0.4 is 14.8 Å². The number of methoxy groups -OCH3 is 1. The number of sulfonamides is 1. The van der Waals surface area contributed by atoms with Crippen molar-refractivity contribution in [3.05, 3.63) is 53.6 Å². The first-order chi connectivity index (χ1) is 14.5. The summed E-state index contributed by atoms with van der Waals surface area (Å²) in [4.78, 5) is 12.9. The highest BCUT2D eigenvalue weighted by atomic mass is 32.2. The van der Waals surface area contributed by atoms with E-state index < -0.39 is 15.9 Å². The first-order valence-electron chi connectivity index (χ1n) is 10.1. The zero-order chi connectivity index (χ0) is 21.6. The SMILES string of the molecule is CCOc1cccc(CNC(=O)c2cc(S(=O)(=O)N3CCCCC3)ccc2OC)c1. The van der Waals surface area contributed by atoms with Gasteiger partial charge in [0.05, 0.1) is 24.2 Å². The molecule has 1 fully saturated rings. The molecule has 1 aliphatic rings. The monoisotopic (exact) mass is 432 g/mol. The number of nitrogens with zero attached hydrogens (tertiary/aromatic N) is 1. The molecule has 0 unspecified atom stereocenters. The Balaban J connectivity index is 1.79. The van der Waals surface area contributed by atoms with Gasteiger partial charge in [-0.25, -0.2) is 8.42 Å². The van der Waals surface area contributed by atoms with Gasteiger partial charge in [0, 0.05) is 19.6 Å². The molecule has 1 heterocycles. The summed E-state index contributed by atoms with van der Waals surface area (Å²) in [5.74, 6) is 0.661. The average Bonchev–Trinajstić information content (AvgIpc) is 2.78. The van der Waals surface area contributed by atoms with E-state index in [-0.39, 0.29) is 17.0 Å². The van der Waals surface area contributed by atoms with Gasteiger partial charge in [0.2, 0.25) is 10.0 Å². The van der Waals surface area contributed by atoms with Crippen molar-refractivity contribution in [2.75, 3.05) is 26.8 Å². The number of ether oxygens (including phenoxy) is 2. The van der Waals surface area contributed by atoms with Crippen molar-refractivity contribution < 1.29 is 22.7 Å². The van der Waals surface area contributed by atoms with Crippen molar-refractivity contribution in [3.8, 4) is 11.5 Å². The zero-order valence-corrected chi connectivity index (χ0v) is 18.2. The first-order valence-corrected chi connectivity index (χ1v) is 11.6. The summed E-state index contributed by atoms with van der Waals surface area (Å²) in [6.45, 7) is 3.76. The Kier molecular flexibility index (Phi) is 7.33. The van der Waals surface area contributed by atoms with Gasteiger partial charge >= 0.3 is 0 Å². The molecule has 30 heavy (non-hydrogen) atoms. The Hall–Kier alpha value is -2.58. The third-order valence-corrected chi connectivity index (χ3v) is 6.93. The Morgan fingerprint density at radius 2 is 1.87 bits per heavy atom. The lowest BCUT2D eigenvalue weighted by atomic mass is 10.1. The van der Waals surface area contributed by atoms with Crippen molar-refractivity contribution in [3.63, 3.8) is 0 Å². The average molecular weight is 433 g/mol. The zero-order valence-electron chi connectivity index (χ0n) is 17.4. The fourth-order valence-electron chi connectivity index (χ4n) is 3.47. The summed E-state index contributed by atoms with van der Waals surface area (Å²) < 4.78 is 38.2. The number of rotatable bonds is 8. The quantitative estimate of drug-likeness (QED) is 0.692. The van der Waals surface area contributed by atoms with Crippen LogP contribution in [0.3, 0.4) is 0 Å². The molecule has 8 heteroatoms. The van der Waals surface area contributed by atoms with E-state index in [1.807, 2.05) is 31.2 Å². The third-order valence-electron chi connectivity index (χ3n) is 5.03. The van der Waals surface area contributed by atoms with E-state index in [9.17, 15) is 13.2 Å². The van der Waals surface area contributed by atoms with Gasteiger partial charge < -0.3 is 14.8 Å². The molecule has 1 N–H and O–H groups in total. The molecular formula is C22H28N2O5S. The molecule has 162 valence electrons. The van der Waals surface area contributed by atoms with E-state index in [1.165, 1.54) is 29.6 Å². The predicted octanol–water partition coefficient (Wildman–Crippen LogP) is 3.20. The lowest BCUT2D eigenvalue weighted by molar-refractivity contribution is 0.0947. The summed E-state index contributed by atoms with van der Waals surface area (Å²) in [6, 6.07) is 11.9. The topological polar surface area (TPSA) is 84.9 Å². The number of benzene rings is 2. The molecule has 0 aliphatic carbocycles. The van der Waals surface area contributed by atoms with Crippen LogP contribution in [0.25, 0.3) is 0 Å². The maximum Gasteiger partial charge on any atom is 0.255 e. The van der Waals surface area contributed by atoms with Crippen molar-refractivity contribution in [2.45, 2.75) is 37.6 Å². The lowest BCUT2D eigenvalue weighted by Gasteiger charge is -2.26. The molecule has 2 aromatic carbocycles. The second kappa shape index (κ2) is 9.95. The van der Waals surface area contributed by atoms with Gasteiger partial charge in [-0.05, 0) is 55.7 Å². The highest BCUT2D eigenvalue weighted by molar-refractivity contribution is 7.89. The van der Waals surface area contributed by atoms with E-state index in [0.717, 1.165) is 30.6 Å². The Labute approximate surface area is 178 Å². The van der Waals surface area contributed by atoms with Crippen LogP contribution in [-0.4, -0.2) is 45.4 Å². The number of carbonyl (C=O) groups excluding carboxylic acids is 1. The van der Waals surface area contributed by atoms with Crippen molar-refractivity contribution in [2.24, 2.45) is 0 Å². The van der Waals surface area contributed by atoms with E-state index in [0.29, 0.717) is 25.4 Å². The molecular weight excluding hydrogens is 404 g/mol. The predicted molar refractivity (Wildman–Crippen MR) is 114 cm³/mol. The lowest BCUT2D eigenvalue weighted by Crippen LogP contribution is -2.35. The summed E-state index contributed by atoms with van der Waals surface area (Å²) in [7, 11) is -2.19. The molecule has 0 spiro atoms. The smallest absolute Gasteiger partial charge is 0.255 e. The number of carbonyl (C=O) groups is 1. The van der Waals surface area contributed by atoms with E-state index >= 15 is 0 Å². The van der Waals surface area contributed by atoms with Crippen LogP contribution in [0.5, 0.6) is 11.5 Å². The second-order valence-electron chi connectivity index (χ2n) is 7.09. The summed E-state index contributed by atoms with van der Waals surface area (Å²) in [6.07, 6.45) is 2.74. The maximum atomic E-state index is 13.0. The molecule has 7 nitrogen and oxygen atoms in total. The Bertz CT molecular complexity index is 985. The highest BCUT2D eigenvalue weighted by Gasteiger charge is 2.27. The standard InChI is InChI=1S/C22H28N2O5S/c1-3-29-18-9-7-8-17(14-18)16-23-22(25)20-15-19(10-11-21(20)28-2)30(26,27)24-12-5-4-6-13-24/h7-11,14-15H,3-6,12-13,16H2,1-2H3,(H,23,25). The molecule has 0 radical (unpaired) electrons. The van der Waals surface area contributed by atoms with Crippen LogP contribution in [0.1, 0.15) is 42.1 Å². The molecule has 3 rings (SSSR count). The second-order valence-corrected chi connectivity index (χ2v) is 9.03. The fraction of sp³-hybridized carbons (Fsp3) is 0.409. The van der Waals surface area contributed by atoms with Gasteiger partial charge in [-0.2, -0.15) is 4.31 Å². The molecule has 0 bridgehead atoms. The molecule has 0 saturated carbocycles. The Morgan fingerprint density at radius 3 is 2.57 bits per heavy atom. The molecule has 0 aromatic heterocycles. The number of hydrogen-bond donors (Lipinski definition) is 1. The summed E-state index contributed by atoms with van der Waals surface area (Å²) >= 11 is 0. The van der Waals surface area contributed by atoms with Crippen LogP contribution in [0.4, 0.5) is 0 Å². The highest BCUT2D eigenvalue weighted by Crippen LogP contribution is 2.26. The number of nitrogens with one attached hydrogen (secondary N) is 1. The number of hydrogen-bond acceptors (Lipinski definition) is 5. The minimum Gasteiger partial charge on any atom is -0.496 e. The van der Waals surface area contributed by atoms with Gasteiger partial charge in [0.25, 0.3) is 5.91 Å². The Morgan fingerprint density at radius 1 is 1.10 bits per heavy atom. The summed E-state index contributed by atoms with van der Waals surface area (Å²) in [5.41, 5.74) is 1.07. The third kappa shape index (κ3) is 5.12. The van der Waals surface area contributed by atoms with Gasteiger partial charge in [-0.3, -0.25) is 4.79 Å². The molecule has 1 saturated heterocycles. The maximum absolute atomic E-state index is 13.0. The number of amides is 1. The largest absolute Gasteiger partial charge is 0.496 e. The minimum absolute atomic E-state index is 0.105. The number of piperidine rings is 1. The van der Waals surface area contributed by atoms with E-state index in [4.69, 9.17) is 9.47 Å². The fourth-order valence-corrected chi connectivity index (χ4v) is 5.01. The van der Waals surface area contributed by atoms with Gasteiger partial charge in [0.1, 0.15) is 11.5 Å². The minimum atomic E-state index is -3.64. The normalized spacial score (nSPS) is 14.9. The molecule has 1 amide bonds. The molecule has 0 atom stereocenters. The van der Waals surface area contributed by atoms with Gasteiger partial charge in [0.15, 0.2) is 0 Å². The van der Waals surface area contributed by atoms with E-state index in [2.05, 4.69) is 5.32 Å². The first kappa shape index (κ1) is 22.1. The van der Waals surface area contributed by atoms with Crippen LogP contribution in [0, 0.1) is 0 Å².